The van der Waals surface area contributed by atoms with Gasteiger partial charge in [-0.1, -0.05) is 6.07 Å². The molecule has 0 bridgehead atoms. The molecule has 2 heterocycles. The summed E-state index contributed by atoms with van der Waals surface area (Å²) in [5, 5.41) is 4.90. The third kappa shape index (κ3) is 3.66. The molecular formula is C19H27N3O2. The molecule has 24 heavy (non-hydrogen) atoms. The number of aromatic nitrogens is 1. The Bertz CT molecular complexity index is 722. The van der Waals surface area contributed by atoms with Gasteiger partial charge < -0.3 is 19.5 Å². The topological polar surface area (TPSA) is 46.5 Å². The molecular weight excluding hydrogens is 302 g/mol. The Morgan fingerprint density at radius 2 is 1.92 bits per heavy atom. The lowest BCUT2D eigenvalue weighted by molar-refractivity contribution is 0.0210. The predicted molar refractivity (Wildman–Crippen MR) is 97.4 cm³/mol. The minimum atomic E-state index is -0.435. The SMILES string of the molecule is Cn1ccc2c(NC3CCN(C(=O)OC(C)(C)C)CC3)cccc21. The maximum absolute atomic E-state index is 12.1. The molecule has 1 N–H and O–H groups in total. The molecule has 1 aliphatic rings. The number of fused-ring (bicyclic) bond motifs is 1. The van der Waals surface area contributed by atoms with Gasteiger partial charge in [-0.25, -0.2) is 4.79 Å². The number of piperidine rings is 1. The van der Waals surface area contributed by atoms with E-state index in [0.29, 0.717) is 6.04 Å². The zero-order chi connectivity index (χ0) is 17.3. The van der Waals surface area contributed by atoms with Crippen molar-refractivity contribution in [1.29, 1.82) is 0 Å². The number of likely N-dealkylation sites (tertiary alicyclic amines) is 1. The first-order valence-corrected chi connectivity index (χ1v) is 8.62. The molecule has 130 valence electrons. The summed E-state index contributed by atoms with van der Waals surface area (Å²) < 4.78 is 7.59. The Morgan fingerprint density at radius 3 is 2.58 bits per heavy atom. The van der Waals surface area contributed by atoms with Crippen LogP contribution in [0.4, 0.5) is 10.5 Å². The van der Waals surface area contributed by atoms with Crippen LogP contribution in [0.3, 0.4) is 0 Å². The van der Waals surface area contributed by atoms with E-state index in [1.54, 1.807) is 0 Å². The summed E-state index contributed by atoms with van der Waals surface area (Å²) in [5.74, 6) is 0. The lowest BCUT2D eigenvalue weighted by Gasteiger charge is -2.34. The largest absolute Gasteiger partial charge is 0.444 e. The molecule has 1 aromatic heterocycles. The maximum atomic E-state index is 12.1. The zero-order valence-electron chi connectivity index (χ0n) is 15.0. The van der Waals surface area contributed by atoms with Crippen molar-refractivity contribution >= 4 is 22.7 Å². The van der Waals surface area contributed by atoms with Crippen molar-refractivity contribution in [2.24, 2.45) is 7.05 Å². The molecule has 0 spiro atoms. The van der Waals surface area contributed by atoms with E-state index in [4.69, 9.17) is 4.74 Å². The number of ether oxygens (including phenoxy) is 1. The second-order valence-corrected chi connectivity index (χ2v) is 7.55. The number of carbonyl (C=O) groups is 1. The Labute approximate surface area is 143 Å². The molecule has 5 nitrogen and oxygen atoms in total. The highest BCUT2D eigenvalue weighted by Crippen LogP contribution is 2.26. The number of anilines is 1. The first kappa shape index (κ1) is 16.7. The summed E-state index contributed by atoms with van der Waals surface area (Å²) in [7, 11) is 2.06. The molecule has 0 unspecified atom stereocenters. The van der Waals surface area contributed by atoms with Crippen molar-refractivity contribution < 1.29 is 9.53 Å². The first-order valence-electron chi connectivity index (χ1n) is 8.62. The lowest BCUT2D eigenvalue weighted by atomic mass is 10.0. The van der Waals surface area contributed by atoms with Crippen molar-refractivity contribution in [3.63, 3.8) is 0 Å². The average molecular weight is 329 g/mol. The molecule has 0 aliphatic carbocycles. The summed E-state index contributed by atoms with van der Waals surface area (Å²) in [6, 6.07) is 8.87. The van der Waals surface area contributed by atoms with Crippen molar-refractivity contribution in [1.82, 2.24) is 9.47 Å². The Balaban J connectivity index is 1.60. The Morgan fingerprint density at radius 1 is 1.21 bits per heavy atom. The van der Waals surface area contributed by atoms with Crippen LogP contribution in [0.5, 0.6) is 0 Å². The number of nitrogens with zero attached hydrogens (tertiary/aromatic N) is 2. The number of hydrogen-bond acceptors (Lipinski definition) is 3. The van der Waals surface area contributed by atoms with Crippen molar-refractivity contribution in [3.05, 3.63) is 30.5 Å². The monoisotopic (exact) mass is 329 g/mol. The normalized spacial score (nSPS) is 16.4. The van der Waals surface area contributed by atoms with Crippen molar-refractivity contribution in [3.8, 4) is 0 Å². The maximum Gasteiger partial charge on any atom is 0.410 e. The fourth-order valence-corrected chi connectivity index (χ4v) is 3.18. The summed E-state index contributed by atoms with van der Waals surface area (Å²) in [4.78, 5) is 13.9. The van der Waals surface area contributed by atoms with Gasteiger partial charge in [0.2, 0.25) is 0 Å². The molecule has 1 aromatic carbocycles. The minimum absolute atomic E-state index is 0.203. The van der Waals surface area contributed by atoms with Crippen LogP contribution in [0.2, 0.25) is 0 Å². The minimum Gasteiger partial charge on any atom is -0.444 e. The molecule has 1 amide bonds. The first-order chi connectivity index (χ1) is 11.3. The molecule has 3 rings (SSSR count). The van der Waals surface area contributed by atoms with Gasteiger partial charge in [0, 0.05) is 49.0 Å². The third-order valence-corrected chi connectivity index (χ3v) is 4.43. The van der Waals surface area contributed by atoms with Crippen LogP contribution < -0.4 is 5.32 Å². The van der Waals surface area contributed by atoms with E-state index in [9.17, 15) is 4.79 Å². The van der Waals surface area contributed by atoms with Crippen molar-refractivity contribution in [2.45, 2.75) is 45.3 Å². The highest BCUT2D eigenvalue weighted by molar-refractivity contribution is 5.92. The molecule has 0 saturated carbocycles. The molecule has 5 heteroatoms. The van der Waals surface area contributed by atoms with Crippen LogP contribution in [-0.2, 0) is 11.8 Å². The highest BCUT2D eigenvalue weighted by Gasteiger charge is 2.26. The average Bonchev–Trinajstić information content (AvgIpc) is 2.89. The van der Waals surface area contributed by atoms with Crippen LogP contribution in [-0.4, -0.2) is 40.3 Å². The van der Waals surface area contributed by atoms with Gasteiger partial charge in [0.05, 0.1) is 0 Å². The number of hydrogen-bond donors (Lipinski definition) is 1. The van der Waals surface area contributed by atoms with Crippen LogP contribution in [0, 0.1) is 0 Å². The fraction of sp³-hybridized carbons (Fsp3) is 0.526. The number of benzene rings is 1. The number of amides is 1. The van der Waals surface area contributed by atoms with E-state index in [-0.39, 0.29) is 6.09 Å². The summed E-state index contributed by atoms with van der Waals surface area (Å²) in [6.45, 7) is 7.17. The molecule has 0 radical (unpaired) electrons. The smallest absolute Gasteiger partial charge is 0.410 e. The summed E-state index contributed by atoms with van der Waals surface area (Å²) in [6.07, 6.45) is 3.75. The van der Waals surface area contributed by atoms with E-state index >= 15 is 0 Å². The van der Waals surface area contributed by atoms with Crippen molar-refractivity contribution in [2.75, 3.05) is 18.4 Å². The van der Waals surface area contributed by atoms with Gasteiger partial charge in [0.25, 0.3) is 0 Å². The van der Waals surface area contributed by atoms with Gasteiger partial charge in [0.1, 0.15) is 5.60 Å². The van der Waals surface area contributed by atoms with Gasteiger partial charge in [-0.2, -0.15) is 0 Å². The van der Waals surface area contributed by atoms with E-state index in [0.717, 1.165) is 25.9 Å². The third-order valence-electron chi connectivity index (χ3n) is 4.43. The lowest BCUT2D eigenvalue weighted by Crippen LogP contribution is -2.44. The number of rotatable bonds is 2. The molecule has 1 fully saturated rings. The standard InChI is InChI=1S/C19H27N3O2/c1-19(2,3)24-18(23)22-12-8-14(9-13-22)20-16-6-5-7-17-15(16)10-11-21(17)4/h5-7,10-11,14,20H,8-9,12-13H2,1-4H3. The summed E-state index contributed by atoms with van der Waals surface area (Å²) in [5.41, 5.74) is 1.96. The van der Waals surface area contributed by atoms with E-state index in [1.165, 1.54) is 16.6 Å². The predicted octanol–water partition coefficient (Wildman–Crippen LogP) is 3.99. The molecule has 1 saturated heterocycles. The van der Waals surface area contributed by atoms with Crippen LogP contribution in [0.1, 0.15) is 33.6 Å². The molecule has 0 atom stereocenters. The highest BCUT2D eigenvalue weighted by atomic mass is 16.6. The van der Waals surface area contributed by atoms with Crippen LogP contribution in [0.25, 0.3) is 10.9 Å². The van der Waals surface area contributed by atoms with Gasteiger partial charge in [-0.3, -0.25) is 0 Å². The molecule has 2 aromatic rings. The second kappa shape index (κ2) is 6.38. The number of aryl methyl sites for hydroxylation is 1. The quantitative estimate of drug-likeness (QED) is 0.906. The van der Waals surface area contributed by atoms with Crippen LogP contribution in [0.15, 0.2) is 30.5 Å². The Hall–Kier alpha value is -2.17. The molecule has 1 aliphatic heterocycles. The van der Waals surface area contributed by atoms with E-state index in [1.807, 2.05) is 25.7 Å². The van der Waals surface area contributed by atoms with E-state index in [2.05, 4.69) is 47.4 Å². The van der Waals surface area contributed by atoms with Gasteiger partial charge in [-0.15, -0.1) is 0 Å². The number of nitrogens with one attached hydrogen (secondary N) is 1. The fourth-order valence-electron chi connectivity index (χ4n) is 3.18. The zero-order valence-corrected chi connectivity index (χ0v) is 15.0. The van der Waals surface area contributed by atoms with Gasteiger partial charge in [-0.05, 0) is 51.8 Å². The van der Waals surface area contributed by atoms with E-state index < -0.39 is 5.60 Å². The number of carbonyl (C=O) groups excluding carboxylic acids is 1. The second-order valence-electron chi connectivity index (χ2n) is 7.55. The summed E-state index contributed by atoms with van der Waals surface area (Å²) >= 11 is 0. The van der Waals surface area contributed by atoms with Crippen LogP contribution >= 0.6 is 0 Å². The van der Waals surface area contributed by atoms with Gasteiger partial charge in [0.15, 0.2) is 0 Å². The van der Waals surface area contributed by atoms with Gasteiger partial charge >= 0.3 is 6.09 Å². The Kier molecular flexibility index (Phi) is 4.43.